The number of sulfone groups is 1. The second-order valence-electron chi connectivity index (χ2n) is 10.6. The Morgan fingerprint density at radius 1 is 1.26 bits per heavy atom. The lowest BCUT2D eigenvalue weighted by molar-refractivity contribution is 0.0307. The van der Waals surface area contributed by atoms with Gasteiger partial charge in [-0.05, 0) is 65.7 Å². The summed E-state index contributed by atoms with van der Waals surface area (Å²) in [4.78, 5) is 30.9. The fourth-order valence-electron chi connectivity index (χ4n) is 4.55. The molecule has 0 spiro atoms. The van der Waals surface area contributed by atoms with Crippen molar-refractivity contribution in [2.45, 2.75) is 64.6 Å². The van der Waals surface area contributed by atoms with Crippen LogP contribution in [0.1, 0.15) is 63.9 Å². The third kappa shape index (κ3) is 5.32. The molecule has 1 unspecified atom stereocenters. The van der Waals surface area contributed by atoms with E-state index in [0.717, 1.165) is 6.20 Å². The van der Waals surface area contributed by atoms with E-state index in [9.17, 15) is 27.5 Å². The molecule has 206 valence electrons. The molecule has 3 heterocycles. The number of amides is 1. The molecule has 2 N–H and O–H groups in total. The van der Waals surface area contributed by atoms with Crippen LogP contribution < -0.4 is 15.7 Å². The van der Waals surface area contributed by atoms with Gasteiger partial charge < -0.3 is 15.2 Å². The Morgan fingerprint density at radius 3 is 2.53 bits per heavy atom. The van der Waals surface area contributed by atoms with Gasteiger partial charge in [-0.3, -0.25) is 13.9 Å². The summed E-state index contributed by atoms with van der Waals surface area (Å²) >= 11 is 0. The monoisotopic (exact) mass is 548 g/mol. The molecule has 1 aromatic carbocycles. The van der Waals surface area contributed by atoms with Crippen molar-refractivity contribution in [3.8, 4) is 11.6 Å². The highest BCUT2D eigenvalue weighted by Gasteiger charge is 2.35. The predicted molar refractivity (Wildman–Crippen MR) is 141 cm³/mol. The van der Waals surface area contributed by atoms with Gasteiger partial charge in [-0.2, -0.15) is 0 Å². The third-order valence-corrected chi connectivity index (χ3v) is 8.89. The summed E-state index contributed by atoms with van der Waals surface area (Å²) < 4.78 is 46.6. The van der Waals surface area contributed by atoms with Gasteiger partial charge in [0.15, 0.2) is 5.82 Å². The number of halogens is 1. The highest BCUT2D eigenvalue weighted by atomic mass is 32.2. The number of pyridine rings is 1. The highest BCUT2D eigenvalue weighted by Crippen LogP contribution is 2.29. The number of fused-ring (bicyclic) bond motifs is 1. The first kappa shape index (κ1) is 27.8. The fourth-order valence-corrected chi connectivity index (χ4v) is 6.28. The lowest BCUT2D eigenvalue weighted by atomic mass is 9.94. The molecule has 3 aromatic rings. The van der Waals surface area contributed by atoms with Gasteiger partial charge in [0, 0.05) is 17.2 Å². The van der Waals surface area contributed by atoms with E-state index in [0.29, 0.717) is 30.5 Å². The number of benzene rings is 1. The molecule has 1 amide bonds. The van der Waals surface area contributed by atoms with Crippen LogP contribution in [0.25, 0.3) is 16.7 Å². The molecule has 12 heteroatoms. The van der Waals surface area contributed by atoms with E-state index in [1.165, 1.54) is 27.3 Å². The Hall–Kier alpha value is -3.25. The molecule has 1 atom stereocenters. The summed E-state index contributed by atoms with van der Waals surface area (Å²) in [6.07, 6.45) is 1.56. The normalized spacial score (nSPS) is 17.8. The van der Waals surface area contributed by atoms with Crippen molar-refractivity contribution in [2.75, 3.05) is 18.1 Å². The van der Waals surface area contributed by atoms with E-state index in [-0.39, 0.29) is 28.6 Å². The molecule has 0 radical (unpaired) electrons. The number of rotatable bonds is 7. The molecule has 1 saturated heterocycles. The van der Waals surface area contributed by atoms with E-state index >= 15 is 0 Å². The van der Waals surface area contributed by atoms with Gasteiger partial charge in [0.05, 0.1) is 52.7 Å². The number of carbonyl (C=O) groups is 1. The maximum atomic E-state index is 15.0. The largest absolute Gasteiger partial charge is 0.478 e. The number of hydrogen-bond donors (Lipinski definition) is 2. The number of carbonyl (C=O) groups excluding carboxylic acids is 1. The molecule has 1 aliphatic rings. The summed E-state index contributed by atoms with van der Waals surface area (Å²) in [6, 6.07) is 5.19. The Labute approximate surface area is 220 Å². The van der Waals surface area contributed by atoms with Crippen LogP contribution in [-0.2, 0) is 9.84 Å². The molecule has 2 aromatic heterocycles. The van der Waals surface area contributed by atoms with Crippen LogP contribution in [0.15, 0.2) is 35.3 Å². The van der Waals surface area contributed by atoms with Gasteiger partial charge in [-0.15, -0.1) is 0 Å². The summed E-state index contributed by atoms with van der Waals surface area (Å²) in [5, 5.41) is 13.7. The molecule has 10 nitrogen and oxygen atoms in total. The first-order valence-corrected chi connectivity index (χ1v) is 14.3. The van der Waals surface area contributed by atoms with E-state index in [4.69, 9.17) is 4.74 Å². The minimum absolute atomic E-state index is 0.00443. The smallest absolute Gasteiger partial charge is 0.334 e. The quantitative estimate of drug-likeness (QED) is 0.464. The van der Waals surface area contributed by atoms with Crippen LogP contribution >= 0.6 is 0 Å². The summed E-state index contributed by atoms with van der Waals surface area (Å²) in [5.74, 6) is -1.03. The van der Waals surface area contributed by atoms with Crippen LogP contribution in [0.3, 0.4) is 0 Å². The Kier molecular flexibility index (Phi) is 7.17. The third-order valence-electron chi connectivity index (χ3n) is 7.23. The zero-order valence-electron chi connectivity index (χ0n) is 22.1. The average molecular weight is 549 g/mol. The average Bonchev–Trinajstić information content (AvgIpc) is 3.12. The minimum atomic E-state index is -3.11. The highest BCUT2D eigenvalue weighted by molar-refractivity contribution is 7.91. The molecule has 0 saturated carbocycles. The lowest BCUT2D eigenvalue weighted by Crippen LogP contribution is -2.50. The van der Waals surface area contributed by atoms with Crippen LogP contribution in [0.5, 0.6) is 5.88 Å². The number of hydrogen-bond acceptors (Lipinski definition) is 7. The van der Waals surface area contributed by atoms with Gasteiger partial charge in [-0.1, -0.05) is 0 Å². The van der Waals surface area contributed by atoms with Gasteiger partial charge >= 0.3 is 5.69 Å². The van der Waals surface area contributed by atoms with Gasteiger partial charge in [0.1, 0.15) is 9.84 Å². The molecule has 38 heavy (non-hydrogen) atoms. The van der Waals surface area contributed by atoms with E-state index < -0.39 is 44.4 Å². The lowest BCUT2D eigenvalue weighted by Gasteiger charge is -2.34. The first-order chi connectivity index (χ1) is 17.7. The zero-order chi connectivity index (χ0) is 28.0. The van der Waals surface area contributed by atoms with Crippen molar-refractivity contribution in [1.29, 1.82) is 0 Å². The molecular formula is C26H33FN4O6S. The summed E-state index contributed by atoms with van der Waals surface area (Å²) in [7, 11) is -3.11. The van der Waals surface area contributed by atoms with Crippen molar-refractivity contribution in [2.24, 2.45) is 0 Å². The molecule has 1 fully saturated rings. The van der Waals surface area contributed by atoms with Crippen LogP contribution in [0, 0.1) is 5.82 Å². The first-order valence-electron chi connectivity index (χ1n) is 12.5. The summed E-state index contributed by atoms with van der Waals surface area (Å²) in [5.41, 5.74) is -1.81. The fraction of sp³-hybridized carbons (Fsp3) is 0.500. The van der Waals surface area contributed by atoms with Crippen molar-refractivity contribution in [3.05, 3.63) is 52.3 Å². The van der Waals surface area contributed by atoms with Crippen LogP contribution in [0.4, 0.5) is 4.39 Å². The molecular weight excluding hydrogens is 515 g/mol. The Balaban J connectivity index is 1.85. The number of nitrogens with zero attached hydrogens (tertiary/aromatic N) is 3. The maximum absolute atomic E-state index is 15.0. The van der Waals surface area contributed by atoms with E-state index in [1.54, 1.807) is 33.8 Å². The Morgan fingerprint density at radius 2 is 1.92 bits per heavy atom. The predicted octanol–water partition coefficient (Wildman–Crippen LogP) is 2.75. The van der Waals surface area contributed by atoms with Gasteiger partial charge in [0.25, 0.3) is 5.91 Å². The maximum Gasteiger partial charge on any atom is 0.334 e. The minimum Gasteiger partial charge on any atom is -0.478 e. The van der Waals surface area contributed by atoms with E-state index in [1.807, 2.05) is 6.92 Å². The van der Waals surface area contributed by atoms with Crippen LogP contribution in [-0.4, -0.2) is 62.8 Å². The number of aromatic nitrogens is 3. The van der Waals surface area contributed by atoms with Crippen molar-refractivity contribution in [3.63, 3.8) is 0 Å². The van der Waals surface area contributed by atoms with Crippen molar-refractivity contribution < 1.29 is 27.4 Å². The number of aliphatic hydroxyl groups is 1. The number of nitrogens with one attached hydrogen (secondary N) is 1. The Bertz CT molecular complexity index is 1540. The van der Waals surface area contributed by atoms with Gasteiger partial charge in [-0.25, -0.2) is 22.6 Å². The zero-order valence-corrected chi connectivity index (χ0v) is 22.9. The van der Waals surface area contributed by atoms with Crippen molar-refractivity contribution >= 4 is 26.8 Å². The molecule has 0 aliphatic carbocycles. The summed E-state index contributed by atoms with van der Waals surface area (Å²) in [6.45, 7) is 8.64. The topological polar surface area (TPSA) is 133 Å². The van der Waals surface area contributed by atoms with E-state index in [2.05, 4.69) is 10.3 Å². The second-order valence-corrected chi connectivity index (χ2v) is 12.9. The molecule has 4 rings (SSSR count). The van der Waals surface area contributed by atoms with Crippen molar-refractivity contribution in [1.82, 2.24) is 19.4 Å². The standard InChI is InChI=1S/C26H33FN4O6S/c1-6-37-22-14-20(18(27)15-28-22)31-19-8-7-17(13-21(19)30(24(31)33)16(2)25(3,4)34)23(32)29-26(5)9-11-38(35,36)12-10-26/h7-8,13-16,34H,6,9-12H2,1-5H3,(H,29,32). The molecule has 0 bridgehead atoms. The second kappa shape index (κ2) is 9.81. The number of ether oxygens (including phenoxy) is 1. The van der Waals surface area contributed by atoms with Crippen LogP contribution in [0.2, 0.25) is 0 Å². The molecule has 1 aliphatic heterocycles. The SMILES string of the molecule is CCOc1cc(-n2c(=O)n(C(C)C(C)(C)O)c3cc(C(=O)NC4(C)CCS(=O)(=O)CC4)ccc32)c(F)cn1. The van der Waals surface area contributed by atoms with Gasteiger partial charge in [0.2, 0.25) is 5.88 Å². The number of imidazole rings is 1.